The van der Waals surface area contributed by atoms with Crippen LogP contribution in [-0.2, 0) is 0 Å². The first-order chi connectivity index (χ1) is 14.6. The number of benzene rings is 1. The standard InChI is InChI=1S/C22H26N6O2/c1-3-23-21(29)18-14-28(17-9-5-4-6-10-17)26-20(18)16-8-7-11-27(13-16)22(30)19-12-24-15(2)25-19/h4-6,9-10,12,14,16H,3,7-8,11,13H2,1-2H3,(H,23,29)(H,24,25)/t16-/m1/s1. The number of carbonyl (C=O) groups excluding carboxylic acids is 2. The van der Waals surface area contributed by atoms with Gasteiger partial charge < -0.3 is 15.2 Å². The largest absolute Gasteiger partial charge is 0.352 e. The second-order valence-corrected chi connectivity index (χ2v) is 7.54. The van der Waals surface area contributed by atoms with Crippen LogP contribution in [0.15, 0.2) is 42.7 Å². The molecule has 3 aromatic rings. The lowest BCUT2D eigenvalue weighted by molar-refractivity contribution is 0.0700. The number of aromatic nitrogens is 4. The van der Waals surface area contributed by atoms with Crippen molar-refractivity contribution in [1.82, 2.24) is 30.0 Å². The van der Waals surface area contributed by atoms with Crippen molar-refractivity contribution in [2.45, 2.75) is 32.6 Å². The van der Waals surface area contributed by atoms with Crippen molar-refractivity contribution in [2.24, 2.45) is 0 Å². The van der Waals surface area contributed by atoms with Crippen LogP contribution in [0.1, 0.15) is 58.0 Å². The Labute approximate surface area is 175 Å². The predicted octanol–water partition coefficient (Wildman–Crippen LogP) is 2.67. The highest BCUT2D eigenvalue weighted by Gasteiger charge is 2.31. The number of amides is 2. The Morgan fingerprint density at radius 3 is 2.77 bits per heavy atom. The lowest BCUT2D eigenvalue weighted by Crippen LogP contribution is -2.40. The molecule has 1 aliphatic heterocycles. The number of carbonyl (C=O) groups is 2. The van der Waals surface area contributed by atoms with E-state index < -0.39 is 0 Å². The molecule has 2 amide bonds. The summed E-state index contributed by atoms with van der Waals surface area (Å²) in [5.41, 5.74) is 2.69. The van der Waals surface area contributed by atoms with Crippen LogP contribution in [0.25, 0.3) is 5.69 Å². The summed E-state index contributed by atoms with van der Waals surface area (Å²) in [6, 6.07) is 9.73. The van der Waals surface area contributed by atoms with Crippen molar-refractivity contribution < 1.29 is 9.59 Å². The topological polar surface area (TPSA) is 95.9 Å². The summed E-state index contributed by atoms with van der Waals surface area (Å²) < 4.78 is 1.75. The molecule has 0 bridgehead atoms. The zero-order valence-corrected chi connectivity index (χ0v) is 17.3. The third-order valence-electron chi connectivity index (χ3n) is 5.37. The molecule has 0 aliphatic carbocycles. The van der Waals surface area contributed by atoms with Crippen molar-refractivity contribution in [2.75, 3.05) is 19.6 Å². The van der Waals surface area contributed by atoms with Crippen LogP contribution >= 0.6 is 0 Å². The summed E-state index contributed by atoms with van der Waals surface area (Å²) in [5.74, 6) is 0.506. The van der Waals surface area contributed by atoms with E-state index in [9.17, 15) is 9.59 Å². The van der Waals surface area contributed by atoms with Gasteiger partial charge in [-0.2, -0.15) is 5.10 Å². The molecule has 4 rings (SSSR count). The van der Waals surface area contributed by atoms with E-state index in [1.54, 1.807) is 17.1 Å². The van der Waals surface area contributed by atoms with E-state index in [1.807, 2.05) is 49.1 Å². The minimum atomic E-state index is -0.137. The zero-order chi connectivity index (χ0) is 21.1. The Morgan fingerprint density at radius 1 is 1.27 bits per heavy atom. The molecule has 2 aromatic heterocycles. The number of hydrogen-bond donors (Lipinski definition) is 2. The number of para-hydroxylation sites is 1. The first-order valence-electron chi connectivity index (χ1n) is 10.3. The molecule has 30 heavy (non-hydrogen) atoms. The maximum Gasteiger partial charge on any atom is 0.271 e. The number of nitrogens with zero attached hydrogens (tertiary/aromatic N) is 4. The quantitative estimate of drug-likeness (QED) is 0.681. The predicted molar refractivity (Wildman–Crippen MR) is 113 cm³/mol. The summed E-state index contributed by atoms with van der Waals surface area (Å²) in [6.07, 6.45) is 5.10. The molecule has 8 heteroatoms. The Hall–Kier alpha value is -3.42. The number of aryl methyl sites for hydroxylation is 1. The van der Waals surface area contributed by atoms with Gasteiger partial charge in [0.2, 0.25) is 0 Å². The third kappa shape index (κ3) is 3.98. The molecule has 1 saturated heterocycles. The molecule has 0 unspecified atom stereocenters. The number of piperidine rings is 1. The van der Waals surface area contributed by atoms with E-state index in [2.05, 4.69) is 15.3 Å². The number of aromatic amines is 1. The molecule has 2 N–H and O–H groups in total. The van der Waals surface area contributed by atoms with Gasteiger partial charge in [-0.1, -0.05) is 18.2 Å². The molecular weight excluding hydrogens is 380 g/mol. The number of H-pyrrole nitrogens is 1. The molecule has 0 spiro atoms. The fourth-order valence-electron chi connectivity index (χ4n) is 3.92. The van der Waals surface area contributed by atoms with Gasteiger partial charge in [-0.3, -0.25) is 9.59 Å². The van der Waals surface area contributed by atoms with Crippen molar-refractivity contribution >= 4 is 11.8 Å². The lowest BCUT2D eigenvalue weighted by Gasteiger charge is -2.32. The second kappa shape index (κ2) is 8.52. The molecule has 1 atom stereocenters. The number of nitrogens with one attached hydrogen (secondary N) is 2. The third-order valence-corrected chi connectivity index (χ3v) is 5.37. The number of likely N-dealkylation sites (tertiary alicyclic amines) is 1. The van der Waals surface area contributed by atoms with Gasteiger partial charge in [-0.05, 0) is 38.8 Å². The number of rotatable bonds is 5. The van der Waals surface area contributed by atoms with E-state index in [-0.39, 0.29) is 17.7 Å². The zero-order valence-electron chi connectivity index (χ0n) is 17.3. The number of hydrogen-bond acceptors (Lipinski definition) is 4. The fourth-order valence-corrected chi connectivity index (χ4v) is 3.92. The Balaban J connectivity index is 1.63. The minimum Gasteiger partial charge on any atom is -0.352 e. The summed E-state index contributed by atoms with van der Waals surface area (Å²) in [7, 11) is 0. The molecule has 156 valence electrons. The van der Waals surface area contributed by atoms with Gasteiger partial charge in [0.15, 0.2) is 0 Å². The lowest BCUT2D eigenvalue weighted by atomic mass is 9.92. The summed E-state index contributed by atoms with van der Waals surface area (Å²) in [5, 5.41) is 7.66. The van der Waals surface area contributed by atoms with Crippen LogP contribution in [0, 0.1) is 6.92 Å². The highest BCUT2D eigenvalue weighted by atomic mass is 16.2. The highest BCUT2D eigenvalue weighted by Crippen LogP contribution is 2.30. The average molecular weight is 406 g/mol. The molecule has 1 aliphatic rings. The van der Waals surface area contributed by atoms with Crippen LogP contribution < -0.4 is 5.32 Å². The van der Waals surface area contributed by atoms with E-state index in [1.165, 1.54) is 0 Å². The van der Waals surface area contributed by atoms with Crippen molar-refractivity contribution in [3.63, 3.8) is 0 Å². The fraction of sp³-hybridized carbons (Fsp3) is 0.364. The monoisotopic (exact) mass is 406 g/mol. The van der Waals surface area contributed by atoms with E-state index in [4.69, 9.17) is 5.10 Å². The van der Waals surface area contributed by atoms with E-state index >= 15 is 0 Å². The van der Waals surface area contributed by atoms with Crippen LogP contribution in [0.4, 0.5) is 0 Å². The van der Waals surface area contributed by atoms with Crippen LogP contribution in [-0.4, -0.2) is 56.1 Å². The summed E-state index contributed by atoms with van der Waals surface area (Å²) >= 11 is 0. The molecule has 1 fully saturated rings. The average Bonchev–Trinajstić information content (AvgIpc) is 3.41. The maximum atomic E-state index is 12.9. The summed E-state index contributed by atoms with van der Waals surface area (Å²) in [4.78, 5) is 34.6. The first-order valence-corrected chi connectivity index (χ1v) is 10.3. The van der Waals surface area contributed by atoms with Crippen LogP contribution in [0.2, 0.25) is 0 Å². The normalized spacial score (nSPS) is 16.5. The molecule has 0 radical (unpaired) electrons. The first kappa shape index (κ1) is 19.9. The smallest absolute Gasteiger partial charge is 0.271 e. The van der Waals surface area contributed by atoms with Gasteiger partial charge in [0.1, 0.15) is 11.5 Å². The Morgan fingerprint density at radius 2 is 2.07 bits per heavy atom. The van der Waals surface area contributed by atoms with Gasteiger partial charge in [-0.25, -0.2) is 9.67 Å². The molecule has 3 heterocycles. The van der Waals surface area contributed by atoms with E-state index in [0.717, 1.165) is 24.2 Å². The van der Waals surface area contributed by atoms with Crippen molar-refractivity contribution in [1.29, 1.82) is 0 Å². The van der Waals surface area contributed by atoms with Crippen LogP contribution in [0.5, 0.6) is 0 Å². The molecule has 0 saturated carbocycles. The van der Waals surface area contributed by atoms with Gasteiger partial charge >= 0.3 is 0 Å². The minimum absolute atomic E-state index is 0.00529. The van der Waals surface area contributed by atoms with Crippen LogP contribution in [0.3, 0.4) is 0 Å². The van der Waals surface area contributed by atoms with E-state index in [0.29, 0.717) is 36.7 Å². The van der Waals surface area contributed by atoms with Gasteiger partial charge in [-0.15, -0.1) is 0 Å². The van der Waals surface area contributed by atoms with Gasteiger partial charge in [0.25, 0.3) is 11.8 Å². The molecular formula is C22H26N6O2. The maximum absolute atomic E-state index is 12.9. The molecule has 8 nitrogen and oxygen atoms in total. The Kier molecular flexibility index (Phi) is 5.65. The molecule has 1 aromatic carbocycles. The van der Waals surface area contributed by atoms with Gasteiger partial charge in [0, 0.05) is 31.7 Å². The number of imidazole rings is 1. The van der Waals surface area contributed by atoms with Crippen molar-refractivity contribution in [3.05, 3.63) is 65.5 Å². The summed E-state index contributed by atoms with van der Waals surface area (Å²) in [6.45, 7) is 5.47. The SMILES string of the molecule is CCNC(=O)c1cn(-c2ccccc2)nc1[C@@H]1CCCN(C(=O)c2cnc(C)[nH]2)C1. The Bertz CT molecular complexity index is 1040. The van der Waals surface area contributed by atoms with Gasteiger partial charge in [0.05, 0.1) is 23.1 Å². The highest BCUT2D eigenvalue weighted by molar-refractivity contribution is 5.95. The van der Waals surface area contributed by atoms with Crippen molar-refractivity contribution in [3.8, 4) is 5.69 Å². The second-order valence-electron chi connectivity index (χ2n) is 7.54.